The number of aryl methyl sites for hydroxylation is 1. The summed E-state index contributed by atoms with van der Waals surface area (Å²) >= 11 is 1.39. The molecule has 2 aromatic rings. The van der Waals surface area contributed by atoms with E-state index in [2.05, 4.69) is 10.3 Å². The van der Waals surface area contributed by atoms with Crippen LogP contribution in [-0.4, -0.2) is 24.0 Å². The zero-order valence-electron chi connectivity index (χ0n) is 12.5. The van der Waals surface area contributed by atoms with Gasteiger partial charge in [-0.15, -0.1) is 11.3 Å². The SMILES string of the molecule is CCC(=O)Oc1ccc(C(=O)Nc2ncc(C)s2)cc1OC. The van der Waals surface area contributed by atoms with Gasteiger partial charge in [-0.3, -0.25) is 14.9 Å². The maximum atomic E-state index is 12.2. The number of esters is 1. The van der Waals surface area contributed by atoms with E-state index >= 15 is 0 Å². The minimum atomic E-state index is -0.367. The van der Waals surface area contributed by atoms with Crippen molar-refractivity contribution < 1.29 is 19.1 Å². The molecule has 1 heterocycles. The average Bonchev–Trinajstić information content (AvgIpc) is 2.92. The summed E-state index contributed by atoms with van der Waals surface area (Å²) in [6.07, 6.45) is 1.95. The maximum absolute atomic E-state index is 12.2. The molecule has 0 bridgehead atoms. The van der Waals surface area contributed by atoms with Crippen molar-refractivity contribution in [3.05, 3.63) is 34.8 Å². The molecule has 1 N–H and O–H groups in total. The first-order valence-corrected chi connectivity index (χ1v) is 7.47. The summed E-state index contributed by atoms with van der Waals surface area (Å²) in [6.45, 7) is 3.61. The van der Waals surface area contributed by atoms with Crippen LogP contribution in [0.25, 0.3) is 0 Å². The number of benzene rings is 1. The number of anilines is 1. The molecule has 2 rings (SSSR count). The first-order valence-electron chi connectivity index (χ1n) is 6.66. The van der Waals surface area contributed by atoms with Crippen LogP contribution < -0.4 is 14.8 Å². The van der Waals surface area contributed by atoms with E-state index in [1.165, 1.54) is 30.6 Å². The monoisotopic (exact) mass is 320 g/mol. The standard InChI is InChI=1S/C15H16N2O4S/c1-4-13(18)21-11-6-5-10(7-12(11)20-3)14(19)17-15-16-8-9(2)22-15/h5-8H,4H2,1-3H3,(H,16,17,19). The van der Waals surface area contributed by atoms with Crippen molar-refractivity contribution in [3.63, 3.8) is 0 Å². The third-order valence-corrected chi connectivity index (χ3v) is 3.61. The summed E-state index contributed by atoms with van der Waals surface area (Å²) in [7, 11) is 1.45. The molecule has 1 amide bonds. The van der Waals surface area contributed by atoms with Crippen LogP contribution in [-0.2, 0) is 4.79 Å². The lowest BCUT2D eigenvalue weighted by atomic mass is 10.2. The predicted molar refractivity (Wildman–Crippen MR) is 83.7 cm³/mol. The van der Waals surface area contributed by atoms with Gasteiger partial charge in [-0.25, -0.2) is 4.98 Å². The molecule has 0 fully saturated rings. The fourth-order valence-electron chi connectivity index (χ4n) is 1.67. The van der Waals surface area contributed by atoms with Crippen LogP contribution in [0, 0.1) is 6.92 Å². The molecule has 0 aliphatic carbocycles. The Morgan fingerprint density at radius 3 is 2.68 bits per heavy atom. The van der Waals surface area contributed by atoms with Crippen LogP contribution in [0.3, 0.4) is 0 Å². The van der Waals surface area contributed by atoms with Crippen molar-refractivity contribution in [3.8, 4) is 11.5 Å². The maximum Gasteiger partial charge on any atom is 0.311 e. The number of hydrogen-bond acceptors (Lipinski definition) is 6. The lowest BCUT2D eigenvalue weighted by Crippen LogP contribution is -2.12. The van der Waals surface area contributed by atoms with Crippen LogP contribution in [0.1, 0.15) is 28.6 Å². The fraction of sp³-hybridized carbons (Fsp3) is 0.267. The van der Waals surface area contributed by atoms with Crippen LogP contribution in [0.2, 0.25) is 0 Å². The molecule has 7 heteroatoms. The second kappa shape index (κ2) is 7.04. The van der Waals surface area contributed by atoms with Gasteiger partial charge < -0.3 is 9.47 Å². The topological polar surface area (TPSA) is 77.5 Å². The minimum absolute atomic E-state index is 0.259. The molecule has 116 valence electrons. The van der Waals surface area contributed by atoms with Gasteiger partial charge in [-0.1, -0.05) is 6.92 Å². The van der Waals surface area contributed by atoms with E-state index in [-0.39, 0.29) is 24.0 Å². The number of methoxy groups -OCH3 is 1. The Labute approximate surface area is 132 Å². The molecule has 0 atom stereocenters. The van der Waals surface area contributed by atoms with Gasteiger partial charge >= 0.3 is 5.97 Å². The number of hydrogen-bond donors (Lipinski definition) is 1. The molecule has 0 radical (unpaired) electrons. The fourth-order valence-corrected chi connectivity index (χ4v) is 2.33. The van der Waals surface area contributed by atoms with Gasteiger partial charge in [0.25, 0.3) is 5.91 Å². The zero-order chi connectivity index (χ0) is 16.1. The van der Waals surface area contributed by atoms with Crippen molar-refractivity contribution in [1.29, 1.82) is 0 Å². The molecule has 0 aliphatic rings. The summed E-state index contributed by atoms with van der Waals surface area (Å²) in [5, 5.41) is 3.24. The number of nitrogens with one attached hydrogen (secondary N) is 1. The Morgan fingerprint density at radius 2 is 2.09 bits per heavy atom. The number of nitrogens with zero attached hydrogens (tertiary/aromatic N) is 1. The van der Waals surface area contributed by atoms with E-state index in [1.54, 1.807) is 19.2 Å². The van der Waals surface area contributed by atoms with Crippen molar-refractivity contribution in [2.24, 2.45) is 0 Å². The first-order chi connectivity index (χ1) is 10.5. The summed E-state index contributed by atoms with van der Waals surface area (Å²) in [4.78, 5) is 28.6. The Morgan fingerprint density at radius 1 is 1.32 bits per heavy atom. The molecule has 0 aliphatic heterocycles. The van der Waals surface area contributed by atoms with Gasteiger partial charge in [-0.2, -0.15) is 0 Å². The molecular weight excluding hydrogens is 304 g/mol. The van der Waals surface area contributed by atoms with Crippen molar-refractivity contribution in [1.82, 2.24) is 4.98 Å². The van der Waals surface area contributed by atoms with E-state index in [0.717, 1.165) is 4.88 Å². The van der Waals surface area contributed by atoms with Crippen LogP contribution in [0.4, 0.5) is 5.13 Å². The first kappa shape index (κ1) is 16.0. The highest BCUT2D eigenvalue weighted by molar-refractivity contribution is 7.15. The van der Waals surface area contributed by atoms with Crippen molar-refractivity contribution in [2.45, 2.75) is 20.3 Å². The molecule has 22 heavy (non-hydrogen) atoms. The quantitative estimate of drug-likeness (QED) is 0.677. The Hall–Kier alpha value is -2.41. The highest BCUT2D eigenvalue weighted by Gasteiger charge is 2.14. The lowest BCUT2D eigenvalue weighted by molar-refractivity contribution is -0.134. The van der Waals surface area contributed by atoms with Gasteiger partial charge in [0.15, 0.2) is 16.6 Å². The Kier molecular flexibility index (Phi) is 5.11. The molecule has 0 saturated heterocycles. The highest BCUT2D eigenvalue weighted by Crippen LogP contribution is 2.29. The lowest BCUT2D eigenvalue weighted by Gasteiger charge is -2.10. The van der Waals surface area contributed by atoms with Crippen LogP contribution in [0.15, 0.2) is 24.4 Å². The molecule has 0 unspecified atom stereocenters. The van der Waals surface area contributed by atoms with Gasteiger partial charge in [0, 0.05) is 23.1 Å². The number of amides is 1. The number of rotatable bonds is 5. The summed E-state index contributed by atoms with van der Waals surface area (Å²) in [6, 6.07) is 4.62. The van der Waals surface area contributed by atoms with Gasteiger partial charge in [-0.05, 0) is 25.1 Å². The largest absolute Gasteiger partial charge is 0.493 e. The van der Waals surface area contributed by atoms with Crippen molar-refractivity contribution in [2.75, 3.05) is 12.4 Å². The third-order valence-electron chi connectivity index (χ3n) is 2.78. The highest BCUT2D eigenvalue weighted by atomic mass is 32.1. The minimum Gasteiger partial charge on any atom is -0.493 e. The van der Waals surface area contributed by atoms with E-state index in [9.17, 15) is 9.59 Å². The van der Waals surface area contributed by atoms with Crippen LogP contribution >= 0.6 is 11.3 Å². The molecule has 0 spiro atoms. The zero-order valence-corrected chi connectivity index (χ0v) is 13.3. The molecule has 1 aromatic carbocycles. The number of ether oxygens (including phenoxy) is 2. The Bertz CT molecular complexity index is 697. The summed E-state index contributed by atoms with van der Waals surface area (Å²) < 4.78 is 10.3. The smallest absolute Gasteiger partial charge is 0.311 e. The molecular formula is C15H16N2O4S. The summed E-state index contributed by atoms with van der Waals surface area (Å²) in [5.74, 6) is -0.0597. The van der Waals surface area contributed by atoms with Crippen molar-refractivity contribution >= 4 is 28.3 Å². The van der Waals surface area contributed by atoms with Gasteiger partial charge in [0.1, 0.15) is 0 Å². The Balaban J connectivity index is 2.17. The van der Waals surface area contributed by atoms with E-state index < -0.39 is 0 Å². The second-order valence-electron chi connectivity index (χ2n) is 4.42. The van der Waals surface area contributed by atoms with Crippen LogP contribution in [0.5, 0.6) is 11.5 Å². The number of aromatic nitrogens is 1. The normalized spacial score (nSPS) is 10.1. The van der Waals surface area contributed by atoms with Gasteiger partial charge in [0.05, 0.1) is 7.11 Å². The molecule has 6 nitrogen and oxygen atoms in total. The number of thiazole rings is 1. The summed E-state index contributed by atoms with van der Waals surface area (Å²) in [5.41, 5.74) is 0.390. The van der Waals surface area contributed by atoms with Gasteiger partial charge in [0.2, 0.25) is 0 Å². The third kappa shape index (κ3) is 3.82. The molecule has 0 saturated carbocycles. The predicted octanol–water partition coefficient (Wildman–Crippen LogP) is 3.03. The number of carbonyl (C=O) groups is 2. The van der Waals surface area contributed by atoms with E-state index in [1.807, 2.05) is 6.92 Å². The van der Waals surface area contributed by atoms with E-state index in [0.29, 0.717) is 16.4 Å². The number of carbonyl (C=O) groups excluding carboxylic acids is 2. The average molecular weight is 320 g/mol. The van der Waals surface area contributed by atoms with E-state index in [4.69, 9.17) is 9.47 Å². The molecule has 1 aromatic heterocycles. The second-order valence-corrected chi connectivity index (χ2v) is 5.66.